The predicted molar refractivity (Wildman–Crippen MR) is 80.5 cm³/mol. The van der Waals surface area contributed by atoms with Crippen LogP contribution in [0.5, 0.6) is 0 Å². The molecule has 0 aliphatic rings. The molecular formula is C15H17FN4O2. The summed E-state index contributed by atoms with van der Waals surface area (Å²) in [6.45, 7) is 2.39. The number of halogens is 1. The SMILES string of the molecule is CCCCn1nc(-c2ccc(F)cc2)cc(C(=O)NN)c1=O. The molecule has 0 bridgehead atoms. The second kappa shape index (κ2) is 6.95. The Labute approximate surface area is 126 Å². The Hall–Kier alpha value is -2.54. The zero-order chi connectivity index (χ0) is 16.1. The van der Waals surface area contributed by atoms with Gasteiger partial charge >= 0.3 is 0 Å². The van der Waals surface area contributed by atoms with Crippen LogP contribution in [-0.4, -0.2) is 15.7 Å². The van der Waals surface area contributed by atoms with Crippen LogP contribution >= 0.6 is 0 Å². The van der Waals surface area contributed by atoms with Crippen molar-refractivity contribution in [3.05, 3.63) is 52.1 Å². The first-order chi connectivity index (χ1) is 10.6. The number of nitrogens with one attached hydrogen (secondary N) is 1. The van der Waals surface area contributed by atoms with Gasteiger partial charge < -0.3 is 0 Å². The zero-order valence-electron chi connectivity index (χ0n) is 12.2. The number of amides is 1. The molecule has 1 aromatic heterocycles. The highest BCUT2D eigenvalue weighted by molar-refractivity contribution is 5.94. The third-order valence-corrected chi connectivity index (χ3v) is 3.21. The summed E-state index contributed by atoms with van der Waals surface area (Å²) in [6.07, 6.45) is 1.64. The average molecular weight is 304 g/mol. The second-order valence-corrected chi connectivity index (χ2v) is 4.81. The lowest BCUT2D eigenvalue weighted by atomic mass is 10.1. The first-order valence-corrected chi connectivity index (χ1v) is 6.96. The number of carbonyl (C=O) groups excluding carboxylic acids is 1. The molecule has 0 spiro atoms. The molecule has 2 rings (SSSR count). The molecule has 0 saturated heterocycles. The van der Waals surface area contributed by atoms with Crippen LogP contribution in [0.2, 0.25) is 0 Å². The van der Waals surface area contributed by atoms with E-state index in [2.05, 4.69) is 5.10 Å². The molecule has 6 nitrogen and oxygen atoms in total. The predicted octanol–water partition coefficient (Wildman–Crippen LogP) is 1.45. The van der Waals surface area contributed by atoms with E-state index >= 15 is 0 Å². The van der Waals surface area contributed by atoms with E-state index in [4.69, 9.17) is 5.84 Å². The van der Waals surface area contributed by atoms with Crippen molar-refractivity contribution in [2.45, 2.75) is 26.3 Å². The molecule has 0 aliphatic heterocycles. The Morgan fingerprint density at radius 2 is 2.05 bits per heavy atom. The Balaban J connectivity index is 2.56. The van der Waals surface area contributed by atoms with E-state index in [1.807, 2.05) is 12.3 Å². The van der Waals surface area contributed by atoms with Gasteiger partial charge in [-0.15, -0.1) is 0 Å². The van der Waals surface area contributed by atoms with Crippen molar-refractivity contribution in [1.29, 1.82) is 0 Å². The van der Waals surface area contributed by atoms with Crippen molar-refractivity contribution >= 4 is 5.91 Å². The lowest BCUT2D eigenvalue weighted by molar-refractivity contribution is 0.0951. The van der Waals surface area contributed by atoms with Crippen LogP contribution in [0, 0.1) is 5.82 Å². The smallest absolute Gasteiger partial charge is 0.279 e. The Kier molecular flexibility index (Phi) is 5.00. The topological polar surface area (TPSA) is 90.0 Å². The first kappa shape index (κ1) is 15.8. The van der Waals surface area contributed by atoms with Gasteiger partial charge in [-0.05, 0) is 36.8 Å². The molecule has 1 heterocycles. The molecular weight excluding hydrogens is 287 g/mol. The van der Waals surface area contributed by atoms with Crippen molar-refractivity contribution in [3.63, 3.8) is 0 Å². The summed E-state index contributed by atoms with van der Waals surface area (Å²) in [5.74, 6) is 4.06. The molecule has 0 fully saturated rings. The number of hydrazine groups is 1. The highest BCUT2D eigenvalue weighted by Crippen LogP contribution is 2.17. The van der Waals surface area contributed by atoms with Crippen molar-refractivity contribution < 1.29 is 9.18 Å². The van der Waals surface area contributed by atoms with E-state index in [1.54, 1.807) is 0 Å². The summed E-state index contributed by atoms with van der Waals surface area (Å²) in [5, 5.41) is 4.25. The molecule has 0 aliphatic carbocycles. The monoisotopic (exact) mass is 304 g/mol. The summed E-state index contributed by atoms with van der Waals surface area (Å²) in [6, 6.07) is 7.02. The third-order valence-electron chi connectivity index (χ3n) is 3.21. The number of hydrogen-bond acceptors (Lipinski definition) is 4. The van der Waals surface area contributed by atoms with Crippen LogP contribution in [0.3, 0.4) is 0 Å². The number of rotatable bonds is 5. The van der Waals surface area contributed by atoms with Gasteiger partial charge in [0.2, 0.25) is 0 Å². The van der Waals surface area contributed by atoms with Gasteiger partial charge in [0.1, 0.15) is 11.4 Å². The van der Waals surface area contributed by atoms with Gasteiger partial charge in [0, 0.05) is 12.1 Å². The summed E-state index contributed by atoms with van der Waals surface area (Å²) in [5.41, 5.74) is 2.39. The van der Waals surface area contributed by atoms with Crippen LogP contribution in [0.25, 0.3) is 11.3 Å². The maximum absolute atomic E-state index is 13.0. The number of nitrogen functional groups attached to an aromatic ring is 1. The fourth-order valence-corrected chi connectivity index (χ4v) is 2.00. The molecule has 0 radical (unpaired) electrons. The lowest BCUT2D eigenvalue weighted by Gasteiger charge is -2.10. The molecule has 116 valence electrons. The van der Waals surface area contributed by atoms with E-state index in [0.29, 0.717) is 17.8 Å². The van der Waals surface area contributed by atoms with Crippen molar-refractivity contribution in [2.24, 2.45) is 5.84 Å². The summed E-state index contributed by atoms with van der Waals surface area (Å²) in [4.78, 5) is 24.0. The molecule has 1 aromatic carbocycles. The molecule has 0 saturated carbocycles. The number of carbonyl (C=O) groups is 1. The van der Waals surface area contributed by atoms with Crippen LogP contribution in [0.4, 0.5) is 4.39 Å². The fraction of sp³-hybridized carbons (Fsp3) is 0.267. The number of benzene rings is 1. The Bertz CT molecular complexity index is 725. The van der Waals surface area contributed by atoms with Gasteiger partial charge in [-0.2, -0.15) is 5.10 Å². The number of nitrogens with two attached hydrogens (primary N) is 1. The van der Waals surface area contributed by atoms with E-state index in [-0.39, 0.29) is 11.4 Å². The standard InChI is InChI=1S/C15H17FN4O2/c1-2-3-8-20-15(22)12(14(21)18-17)9-13(19-20)10-4-6-11(16)7-5-10/h4-7,9H,2-3,8,17H2,1H3,(H,18,21). The first-order valence-electron chi connectivity index (χ1n) is 6.96. The van der Waals surface area contributed by atoms with Crippen LogP contribution < -0.4 is 16.8 Å². The molecule has 2 aromatic rings. The van der Waals surface area contributed by atoms with Crippen LogP contribution in [0.15, 0.2) is 35.1 Å². The van der Waals surface area contributed by atoms with Gasteiger partial charge in [0.25, 0.3) is 11.5 Å². The van der Waals surface area contributed by atoms with Crippen molar-refractivity contribution in [3.8, 4) is 11.3 Å². The number of aryl methyl sites for hydroxylation is 1. The molecule has 7 heteroatoms. The fourth-order valence-electron chi connectivity index (χ4n) is 2.00. The molecule has 0 atom stereocenters. The average Bonchev–Trinajstić information content (AvgIpc) is 2.54. The molecule has 0 unspecified atom stereocenters. The van der Waals surface area contributed by atoms with Gasteiger partial charge in [-0.3, -0.25) is 15.0 Å². The summed E-state index contributed by atoms with van der Waals surface area (Å²) in [7, 11) is 0. The minimum Gasteiger partial charge on any atom is -0.290 e. The minimum absolute atomic E-state index is 0.0899. The summed E-state index contributed by atoms with van der Waals surface area (Å²) >= 11 is 0. The maximum Gasteiger partial charge on any atom is 0.279 e. The molecule has 22 heavy (non-hydrogen) atoms. The Morgan fingerprint density at radius 1 is 1.36 bits per heavy atom. The van der Waals surface area contributed by atoms with Gasteiger partial charge in [0.15, 0.2) is 0 Å². The maximum atomic E-state index is 13.0. The lowest BCUT2D eigenvalue weighted by Crippen LogP contribution is -2.37. The highest BCUT2D eigenvalue weighted by atomic mass is 19.1. The molecule has 3 N–H and O–H groups in total. The van der Waals surface area contributed by atoms with Crippen LogP contribution in [-0.2, 0) is 6.54 Å². The van der Waals surface area contributed by atoms with Gasteiger partial charge in [-0.1, -0.05) is 13.3 Å². The second-order valence-electron chi connectivity index (χ2n) is 4.81. The minimum atomic E-state index is -0.680. The number of unbranched alkanes of at least 4 members (excludes halogenated alkanes) is 1. The van der Waals surface area contributed by atoms with Gasteiger partial charge in [-0.25, -0.2) is 14.9 Å². The van der Waals surface area contributed by atoms with Crippen LogP contribution in [0.1, 0.15) is 30.1 Å². The highest BCUT2D eigenvalue weighted by Gasteiger charge is 2.15. The zero-order valence-corrected chi connectivity index (χ0v) is 12.2. The van der Waals surface area contributed by atoms with Crippen molar-refractivity contribution in [2.75, 3.05) is 0 Å². The van der Waals surface area contributed by atoms with E-state index in [1.165, 1.54) is 35.0 Å². The largest absolute Gasteiger partial charge is 0.290 e. The quantitative estimate of drug-likeness (QED) is 0.497. The van der Waals surface area contributed by atoms with Gasteiger partial charge in [0.05, 0.1) is 5.69 Å². The van der Waals surface area contributed by atoms with E-state index < -0.39 is 11.5 Å². The van der Waals surface area contributed by atoms with E-state index in [0.717, 1.165) is 12.8 Å². The van der Waals surface area contributed by atoms with Crippen molar-refractivity contribution in [1.82, 2.24) is 15.2 Å². The number of aromatic nitrogens is 2. The Morgan fingerprint density at radius 3 is 2.64 bits per heavy atom. The number of hydrogen-bond donors (Lipinski definition) is 2. The van der Waals surface area contributed by atoms with E-state index in [9.17, 15) is 14.0 Å². The normalized spacial score (nSPS) is 10.5. The summed E-state index contributed by atoms with van der Waals surface area (Å²) < 4.78 is 14.3. The third kappa shape index (κ3) is 3.37. The molecule has 1 amide bonds. The number of nitrogens with zero attached hydrogens (tertiary/aromatic N) is 2.